The van der Waals surface area contributed by atoms with Gasteiger partial charge >= 0.3 is 0 Å². The van der Waals surface area contributed by atoms with Crippen molar-refractivity contribution in [3.8, 4) is 0 Å². The number of nitrogen functional groups attached to an aromatic ring is 1. The number of aryl methyl sites for hydroxylation is 1. The first-order valence-electron chi connectivity index (χ1n) is 7.18. The topological polar surface area (TPSA) is 78.6 Å². The zero-order chi connectivity index (χ0) is 14.3. The van der Waals surface area contributed by atoms with E-state index in [4.69, 9.17) is 5.84 Å². The molecular weight excluding hydrogens is 254 g/mol. The quantitative estimate of drug-likeness (QED) is 0.563. The molecular formula is C15H21N3O2. The molecule has 3 rings (SSSR count). The van der Waals surface area contributed by atoms with E-state index >= 15 is 0 Å². The molecule has 2 bridgehead atoms. The second-order valence-electron chi connectivity index (χ2n) is 5.90. The normalized spacial score (nSPS) is 28.6. The molecule has 5 nitrogen and oxygen atoms in total. The highest BCUT2D eigenvalue weighted by Gasteiger charge is 2.43. The van der Waals surface area contributed by atoms with Crippen LogP contribution in [-0.4, -0.2) is 34.1 Å². The van der Waals surface area contributed by atoms with Crippen LogP contribution in [0.3, 0.4) is 0 Å². The van der Waals surface area contributed by atoms with Gasteiger partial charge in [0.15, 0.2) is 0 Å². The lowest BCUT2D eigenvalue weighted by atomic mass is 9.97. The summed E-state index contributed by atoms with van der Waals surface area (Å²) in [6, 6.07) is 5.93. The fourth-order valence-corrected chi connectivity index (χ4v) is 3.61. The summed E-state index contributed by atoms with van der Waals surface area (Å²) in [5, 5.41) is 9.82. The van der Waals surface area contributed by atoms with Gasteiger partial charge in [-0.25, -0.2) is 0 Å². The van der Waals surface area contributed by atoms with E-state index in [-0.39, 0.29) is 24.1 Å². The molecule has 4 N–H and O–H groups in total. The van der Waals surface area contributed by atoms with E-state index in [9.17, 15) is 9.90 Å². The minimum absolute atomic E-state index is 0.0884. The van der Waals surface area contributed by atoms with Crippen molar-refractivity contribution in [2.24, 2.45) is 5.84 Å². The minimum Gasteiger partial charge on any atom is -0.393 e. The van der Waals surface area contributed by atoms with Crippen molar-refractivity contribution in [2.75, 3.05) is 5.43 Å². The molecule has 5 heteroatoms. The number of aliphatic hydroxyl groups excluding tert-OH is 1. The summed E-state index contributed by atoms with van der Waals surface area (Å²) in [6.45, 7) is 1.93. The molecule has 1 amide bonds. The summed E-state index contributed by atoms with van der Waals surface area (Å²) in [5.74, 6) is 5.47. The van der Waals surface area contributed by atoms with E-state index in [0.717, 1.165) is 29.7 Å². The monoisotopic (exact) mass is 275 g/mol. The largest absolute Gasteiger partial charge is 0.393 e. The van der Waals surface area contributed by atoms with Gasteiger partial charge in [-0.3, -0.25) is 10.6 Å². The fraction of sp³-hybridized carbons (Fsp3) is 0.533. The molecule has 1 aromatic carbocycles. The lowest BCUT2D eigenvalue weighted by molar-refractivity contribution is 0.0286. The van der Waals surface area contributed by atoms with Crippen LogP contribution in [0.5, 0.6) is 0 Å². The van der Waals surface area contributed by atoms with Gasteiger partial charge in [-0.1, -0.05) is 0 Å². The first-order chi connectivity index (χ1) is 9.60. The molecule has 20 heavy (non-hydrogen) atoms. The van der Waals surface area contributed by atoms with Gasteiger partial charge in [0.1, 0.15) is 0 Å². The van der Waals surface area contributed by atoms with Crippen LogP contribution >= 0.6 is 0 Å². The van der Waals surface area contributed by atoms with Crippen LogP contribution in [0.4, 0.5) is 5.69 Å². The highest BCUT2D eigenvalue weighted by Crippen LogP contribution is 2.37. The van der Waals surface area contributed by atoms with Gasteiger partial charge in [-0.05, 0) is 56.4 Å². The summed E-state index contributed by atoms with van der Waals surface area (Å²) in [4.78, 5) is 14.8. The molecule has 2 aliphatic rings. The Morgan fingerprint density at radius 2 is 2.00 bits per heavy atom. The smallest absolute Gasteiger partial charge is 0.254 e. The highest BCUT2D eigenvalue weighted by atomic mass is 16.3. The molecule has 2 fully saturated rings. The third kappa shape index (κ3) is 2.17. The lowest BCUT2D eigenvalue weighted by Crippen LogP contribution is -2.48. The predicted molar refractivity (Wildman–Crippen MR) is 77.2 cm³/mol. The molecule has 0 aliphatic carbocycles. The van der Waals surface area contributed by atoms with Gasteiger partial charge in [0.05, 0.1) is 6.10 Å². The maximum atomic E-state index is 12.8. The Kier molecular flexibility index (Phi) is 3.40. The second kappa shape index (κ2) is 5.07. The second-order valence-corrected chi connectivity index (χ2v) is 5.90. The van der Waals surface area contributed by atoms with Crippen LogP contribution in [0.1, 0.15) is 41.6 Å². The molecule has 1 aromatic rings. The zero-order valence-electron chi connectivity index (χ0n) is 11.7. The Balaban J connectivity index is 1.86. The van der Waals surface area contributed by atoms with Crippen molar-refractivity contribution in [1.82, 2.24) is 4.90 Å². The van der Waals surface area contributed by atoms with Crippen LogP contribution < -0.4 is 11.3 Å². The Hall–Kier alpha value is -1.59. The molecule has 0 aromatic heterocycles. The van der Waals surface area contributed by atoms with Crippen LogP contribution in [0.2, 0.25) is 0 Å². The van der Waals surface area contributed by atoms with E-state index in [1.165, 1.54) is 0 Å². The first kappa shape index (κ1) is 13.4. The third-order valence-electron chi connectivity index (χ3n) is 4.57. The van der Waals surface area contributed by atoms with E-state index in [1.54, 1.807) is 0 Å². The number of piperidine rings is 1. The maximum Gasteiger partial charge on any atom is 0.254 e. The number of hydrogen-bond acceptors (Lipinski definition) is 4. The number of aliphatic hydroxyl groups is 1. The van der Waals surface area contributed by atoms with Gasteiger partial charge in [-0.15, -0.1) is 0 Å². The average molecular weight is 275 g/mol. The van der Waals surface area contributed by atoms with Gasteiger partial charge in [-0.2, -0.15) is 0 Å². The van der Waals surface area contributed by atoms with Crippen LogP contribution in [0, 0.1) is 6.92 Å². The SMILES string of the molecule is Cc1cc(NN)ccc1C(=O)N1C2CCC1CC(O)C2. The predicted octanol–water partition coefficient (Wildman–Crippen LogP) is 1.41. The molecule has 2 aliphatic heterocycles. The van der Waals surface area contributed by atoms with Crippen molar-refractivity contribution in [1.29, 1.82) is 0 Å². The Labute approximate surface area is 118 Å². The number of nitrogens with zero attached hydrogens (tertiary/aromatic N) is 1. The van der Waals surface area contributed by atoms with E-state index < -0.39 is 0 Å². The van der Waals surface area contributed by atoms with E-state index in [1.807, 2.05) is 30.0 Å². The Morgan fingerprint density at radius 1 is 1.35 bits per heavy atom. The van der Waals surface area contributed by atoms with E-state index in [0.29, 0.717) is 12.8 Å². The number of anilines is 1. The van der Waals surface area contributed by atoms with Crippen molar-refractivity contribution in [2.45, 2.75) is 50.8 Å². The van der Waals surface area contributed by atoms with Gasteiger partial charge in [0.2, 0.25) is 0 Å². The number of fused-ring (bicyclic) bond motifs is 2. The van der Waals surface area contributed by atoms with Crippen LogP contribution in [0.15, 0.2) is 18.2 Å². The number of amides is 1. The molecule has 2 atom stereocenters. The maximum absolute atomic E-state index is 12.8. The molecule has 2 unspecified atom stereocenters. The standard InChI is InChI=1S/C15H21N3O2/c1-9-6-10(17-16)2-5-14(9)15(20)18-11-3-4-12(18)8-13(19)7-11/h2,5-6,11-13,17,19H,3-4,7-8,16H2,1H3. The van der Waals surface area contributed by atoms with Gasteiger partial charge in [0, 0.05) is 23.3 Å². The van der Waals surface area contributed by atoms with Gasteiger partial charge in [0.25, 0.3) is 5.91 Å². The zero-order valence-corrected chi connectivity index (χ0v) is 11.7. The number of nitrogens with two attached hydrogens (primary N) is 1. The number of hydrazine groups is 1. The number of nitrogens with one attached hydrogen (secondary N) is 1. The first-order valence-corrected chi connectivity index (χ1v) is 7.18. The van der Waals surface area contributed by atoms with Crippen molar-refractivity contribution in [3.05, 3.63) is 29.3 Å². The molecule has 0 radical (unpaired) electrons. The van der Waals surface area contributed by atoms with Crippen LogP contribution in [0.25, 0.3) is 0 Å². The van der Waals surface area contributed by atoms with Crippen molar-refractivity contribution >= 4 is 11.6 Å². The van der Waals surface area contributed by atoms with Crippen LogP contribution in [-0.2, 0) is 0 Å². The fourth-order valence-electron chi connectivity index (χ4n) is 3.61. The Bertz CT molecular complexity index is 518. The molecule has 2 saturated heterocycles. The number of carbonyl (C=O) groups excluding carboxylic acids is 1. The highest BCUT2D eigenvalue weighted by molar-refractivity contribution is 5.96. The summed E-state index contributed by atoms with van der Waals surface area (Å²) in [5.41, 5.74) is 5.05. The number of hydrogen-bond donors (Lipinski definition) is 3. The number of rotatable bonds is 2. The van der Waals surface area contributed by atoms with Crippen molar-refractivity contribution < 1.29 is 9.90 Å². The number of benzene rings is 1. The summed E-state index contributed by atoms with van der Waals surface area (Å²) in [6.07, 6.45) is 3.19. The summed E-state index contributed by atoms with van der Waals surface area (Å²) < 4.78 is 0. The van der Waals surface area contributed by atoms with Crippen molar-refractivity contribution in [3.63, 3.8) is 0 Å². The third-order valence-corrected chi connectivity index (χ3v) is 4.57. The molecule has 0 spiro atoms. The molecule has 108 valence electrons. The number of carbonyl (C=O) groups is 1. The molecule has 2 heterocycles. The summed E-state index contributed by atoms with van der Waals surface area (Å²) >= 11 is 0. The molecule has 0 saturated carbocycles. The minimum atomic E-state index is -0.249. The summed E-state index contributed by atoms with van der Waals surface area (Å²) in [7, 11) is 0. The van der Waals surface area contributed by atoms with E-state index in [2.05, 4.69) is 5.43 Å². The lowest BCUT2D eigenvalue weighted by Gasteiger charge is -2.37. The average Bonchev–Trinajstić information content (AvgIpc) is 2.70. The Morgan fingerprint density at radius 3 is 2.55 bits per heavy atom. The van der Waals surface area contributed by atoms with Gasteiger partial charge < -0.3 is 15.4 Å².